The van der Waals surface area contributed by atoms with Crippen LogP contribution in [0.1, 0.15) is 33.6 Å². The van der Waals surface area contributed by atoms with Crippen LogP contribution in [0.2, 0.25) is 0 Å². The topological polar surface area (TPSA) is 71.1 Å². The van der Waals surface area contributed by atoms with Gasteiger partial charge in [0.25, 0.3) is 0 Å². The van der Waals surface area contributed by atoms with Gasteiger partial charge in [0.05, 0.1) is 0 Å². The normalized spacial score (nSPS) is 30.6. The summed E-state index contributed by atoms with van der Waals surface area (Å²) >= 11 is 0. The summed E-state index contributed by atoms with van der Waals surface area (Å²) < 4.78 is 18.5. The third kappa shape index (κ3) is 4.50. The number of cyclic esters (lactones) is 4. The lowest BCUT2D eigenvalue weighted by molar-refractivity contribution is 0.115. The van der Waals surface area contributed by atoms with Gasteiger partial charge >= 0.3 is 12.3 Å². The molecule has 0 bridgehead atoms. The number of ether oxygens (including phenoxy) is 4. The van der Waals surface area contributed by atoms with E-state index in [-0.39, 0.29) is 18.3 Å². The van der Waals surface area contributed by atoms with Gasteiger partial charge in [-0.2, -0.15) is 0 Å². The van der Waals surface area contributed by atoms with E-state index in [0.717, 1.165) is 12.8 Å². The molecule has 2 saturated heterocycles. The van der Waals surface area contributed by atoms with Crippen molar-refractivity contribution in [1.82, 2.24) is 0 Å². The van der Waals surface area contributed by atoms with Gasteiger partial charge in [-0.15, -0.1) is 0 Å². The quantitative estimate of drug-likeness (QED) is 0.696. The number of carbonyl (C=O) groups is 2. The molecule has 2 aliphatic heterocycles. The molecular formula is C11H18O6. The Morgan fingerprint density at radius 2 is 1.65 bits per heavy atom. The second kappa shape index (κ2) is 6.32. The lowest BCUT2D eigenvalue weighted by Crippen LogP contribution is -2.13. The molecule has 98 valence electrons. The van der Waals surface area contributed by atoms with Crippen LogP contribution in [0.3, 0.4) is 0 Å². The van der Waals surface area contributed by atoms with Gasteiger partial charge in [0.15, 0.2) is 0 Å². The first kappa shape index (κ1) is 13.6. The molecule has 6 heteroatoms. The Hall–Kier alpha value is -1.46. The molecule has 0 saturated carbocycles. The second-order valence-corrected chi connectivity index (χ2v) is 3.99. The molecule has 2 aliphatic rings. The maximum absolute atomic E-state index is 10.3. The van der Waals surface area contributed by atoms with Gasteiger partial charge in [-0.05, 0) is 20.3 Å². The monoisotopic (exact) mass is 246 g/mol. The molecule has 0 N–H and O–H groups in total. The Kier molecular flexibility index (Phi) is 5.06. The predicted octanol–water partition coefficient (Wildman–Crippen LogP) is 2.25. The molecule has 2 fully saturated rings. The van der Waals surface area contributed by atoms with Crippen molar-refractivity contribution in [2.75, 3.05) is 6.61 Å². The second-order valence-electron chi connectivity index (χ2n) is 3.99. The standard InChI is InChI=1S/C6H10O3.C5H8O3/c1-2-3-5-4-8-6(7)9-5;1-3-4(2)8-5(6)7-3/h5H,2-4H2,1H3;3-4H,1-2H3. The SMILES string of the molecule is CC1OC(=O)OC1C.CCCC1COC(=O)O1. The molecule has 0 aromatic carbocycles. The van der Waals surface area contributed by atoms with Crippen LogP contribution >= 0.6 is 0 Å². The summed E-state index contributed by atoms with van der Waals surface area (Å²) in [5, 5.41) is 0. The smallest absolute Gasteiger partial charge is 0.430 e. The minimum absolute atomic E-state index is 0.0162. The van der Waals surface area contributed by atoms with Gasteiger partial charge in [-0.25, -0.2) is 9.59 Å². The average Bonchev–Trinajstić information content (AvgIpc) is 2.76. The zero-order valence-corrected chi connectivity index (χ0v) is 10.3. The molecule has 0 spiro atoms. The first-order valence-corrected chi connectivity index (χ1v) is 5.73. The van der Waals surface area contributed by atoms with Crippen molar-refractivity contribution >= 4 is 12.3 Å². The van der Waals surface area contributed by atoms with Gasteiger partial charge in [0.1, 0.15) is 24.9 Å². The van der Waals surface area contributed by atoms with Crippen LogP contribution in [-0.2, 0) is 18.9 Å². The van der Waals surface area contributed by atoms with E-state index in [1.165, 1.54) is 0 Å². The fraction of sp³-hybridized carbons (Fsp3) is 0.818. The van der Waals surface area contributed by atoms with Gasteiger partial charge in [0.2, 0.25) is 0 Å². The first-order valence-electron chi connectivity index (χ1n) is 5.73. The van der Waals surface area contributed by atoms with E-state index in [0.29, 0.717) is 6.61 Å². The Morgan fingerprint density at radius 1 is 1.06 bits per heavy atom. The lowest BCUT2D eigenvalue weighted by Gasteiger charge is -2.00. The number of carbonyl (C=O) groups excluding carboxylic acids is 2. The fourth-order valence-electron chi connectivity index (χ4n) is 1.35. The summed E-state index contributed by atoms with van der Waals surface area (Å²) in [7, 11) is 0. The van der Waals surface area contributed by atoms with Crippen molar-refractivity contribution in [3.8, 4) is 0 Å². The summed E-state index contributed by atoms with van der Waals surface area (Å²) in [6.45, 7) is 6.09. The largest absolute Gasteiger partial charge is 0.509 e. The van der Waals surface area contributed by atoms with E-state index < -0.39 is 12.3 Å². The highest BCUT2D eigenvalue weighted by atomic mass is 16.8. The van der Waals surface area contributed by atoms with E-state index in [9.17, 15) is 9.59 Å². The molecule has 17 heavy (non-hydrogen) atoms. The molecule has 2 rings (SSSR count). The van der Waals surface area contributed by atoms with Crippen molar-refractivity contribution in [1.29, 1.82) is 0 Å². The van der Waals surface area contributed by atoms with Crippen LogP contribution in [0.25, 0.3) is 0 Å². The van der Waals surface area contributed by atoms with E-state index in [1.807, 2.05) is 6.92 Å². The molecule has 0 amide bonds. The molecule has 0 radical (unpaired) electrons. The van der Waals surface area contributed by atoms with E-state index >= 15 is 0 Å². The van der Waals surface area contributed by atoms with Crippen LogP contribution in [0.5, 0.6) is 0 Å². The molecule has 0 aromatic heterocycles. The van der Waals surface area contributed by atoms with Crippen LogP contribution < -0.4 is 0 Å². The Bertz CT molecular complexity index is 265. The maximum atomic E-state index is 10.3. The molecule has 6 nitrogen and oxygen atoms in total. The molecule has 2 heterocycles. The minimum atomic E-state index is -0.551. The summed E-state index contributed by atoms with van der Waals surface area (Å²) in [6.07, 6.45) is 0.721. The Balaban J connectivity index is 0.000000171. The lowest BCUT2D eigenvalue weighted by atomic mass is 10.2. The third-order valence-corrected chi connectivity index (χ3v) is 2.49. The van der Waals surface area contributed by atoms with Gasteiger partial charge in [-0.3, -0.25) is 0 Å². The minimum Gasteiger partial charge on any atom is -0.430 e. The summed E-state index contributed by atoms with van der Waals surface area (Å²) in [5.41, 5.74) is 0. The van der Waals surface area contributed by atoms with Crippen LogP contribution in [0.4, 0.5) is 9.59 Å². The van der Waals surface area contributed by atoms with Crippen molar-refractivity contribution in [3.05, 3.63) is 0 Å². The Morgan fingerprint density at radius 3 is 1.94 bits per heavy atom. The van der Waals surface area contributed by atoms with Crippen LogP contribution in [0, 0.1) is 0 Å². The van der Waals surface area contributed by atoms with Gasteiger partial charge < -0.3 is 18.9 Å². The van der Waals surface area contributed by atoms with E-state index in [1.54, 1.807) is 13.8 Å². The third-order valence-electron chi connectivity index (χ3n) is 2.49. The number of hydrogen-bond acceptors (Lipinski definition) is 6. The van der Waals surface area contributed by atoms with Gasteiger partial charge in [0, 0.05) is 0 Å². The van der Waals surface area contributed by atoms with Crippen molar-refractivity contribution in [2.24, 2.45) is 0 Å². The zero-order valence-electron chi connectivity index (χ0n) is 10.3. The highest BCUT2D eigenvalue weighted by molar-refractivity contribution is 5.62. The summed E-state index contributed by atoms with van der Waals surface area (Å²) in [4.78, 5) is 20.5. The fourth-order valence-corrected chi connectivity index (χ4v) is 1.35. The average molecular weight is 246 g/mol. The van der Waals surface area contributed by atoms with E-state index in [4.69, 9.17) is 4.74 Å². The molecule has 3 atom stereocenters. The molecule has 0 aromatic rings. The van der Waals surface area contributed by atoms with Crippen LogP contribution in [-0.4, -0.2) is 37.2 Å². The Labute approximate surface area is 100 Å². The highest BCUT2D eigenvalue weighted by Crippen LogP contribution is 2.12. The maximum Gasteiger partial charge on any atom is 0.509 e. The van der Waals surface area contributed by atoms with Crippen molar-refractivity contribution < 1.29 is 28.5 Å². The predicted molar refractivity (Wildman–Crippen MR) is 57.6 cm³/mol. The van der Waals surface area contributed by atoms with E-state index in [2.05, 4.69) is 14.2 Å². The molecular weight excluding hydrogens is 228 g/mol. The van der Waals surface area contributed by atoms with Crippen molar-refractivity contribution in [3.63, 3.8) is 0 Å². The molecule has 3 unspecified atom stereocenters. The van der Waals surface area contributed by atoms with Crippen LogP contribution in [0.15, 0.2) is 0 Å². The molecule has 0 aliphatic carbocycles. The number of rotatable bonds is 2. The van der Waals surface area contributed by atoms with Crippen molar-refractivity contribution in [2.45, 2.75) is 51.9 Å². The zero-order chi connectivity index (χ0) is 12.8. The summed E-state index contributed by atoms with van der Waals surface area (Å²) in [6, 6.07) is 0. The van der Waals surface area contributed by atoms with Gasteiger partial charge in [-0.1, -0.05) is 13.3 Å². The number of hydrogen-bond donors (Lipinski definition) is 0. The first-order chi connectivity index (χ1) is 8.02. The highest BCUT2D eigenvalue weighted by Gasteiger charge is 2.28. The summed E-state index contributed by atoms with van der Waals surface area (Å²) in [5.74, 6) is 0.